The summed E-state index contributed by atoms with van der Waals surface area (Å²) in [7, 11) is 3.12. The van der Waals surface area contributed by atoms with Crippen molar-refractivity contribution in [2.24, 2.45) is 14.1 Å². The fraction of sp³-hybridized carbons (Fsp3) is 0.556. The molecule has 0 atom stereocenters. The average molecular weight is 217 g/mol. The molecule has 0 unspecified atom stereocenters. The van der Waals surface area contributed by atoms with Crippen molar-refractivity contribution in [3.8, 4) is 0 Å². The Morgan fingerprint density at radius 1 is 1.21 bits per heavy atom. The SMILES string of the molecule is Cc1c(CCCl)c(=O)n(C)c(=O)n1C. The molecule has 0 aliphatic rings. The van der Waals surface area contributed by atoms with Crippen molar-refractivity contribution in [1.82, 2.24) is 9.13 Å². The summed E-state index contributed by atoms with van der Waals surface area (Å²) in [6.45, 7) is 1.75. The van der Waals surface area contributed by atoms with Crippen LogP contribution >= 0.6 is 11.6 Å². The van der Waals surface area contributed by atoms with Crippen LogP contribution in [0.4, 0.5) is 0 Å². The Bertz CT molecular complexity index is 459. The van der Waals surface area contributed by atoms with Crippen LogP contribution in [0, 0.1) is 6.92 Å². The Morgan fingerprint density at radius 2 is 1.79 bits per heavy atom. The zero-order valence-corrected chi connectivity index (χ0v) is 9.26. The van der Waals surface area contributed by atoms with Gasteiger partial charge in [-0.2, -0.15) is 0 Å². The lowest BCUT2D eigenvalue weighted by Gasteiger charge is -2.10. The van der Waals surface area contributed by atoms with E-state index in [4.69, 9.17) is 11.6 Å². The van der Waals surface area contributed by atoms with E-state index in [0.717, 1.165) is 4.57 Å². The van der Waals surface area contributed by atoms with Crippen LogP contribution in [0.5, 0.6) is 0 Å². The van der Waals surface area contributed by atoms with E-state index in [0.29, 0.717) is 23.6 Å². The Labute approximate surface area is 86.7 Å². The third-order valence-corrected chi connectivity index (χ3v) is 2.61. The largest absolute Gasteiger partial charge is 0.330 e. The van der Waals surface area contributed by atoms with Gasteiger partial charge in [0.1, 0.15) is 0 Å². The number of hydrogen-bond donors (Lipinski definition) is 0. The summed E-state index contributed by atoms with van der Waals surface area (Å²) in [4.78, 5) is 23.1. The van der Waals surface area contributed by atoms with Gasteiger partial charge in [-0.1, -0.05) is 0 Å². The maximum Gasteiger partial charge on any atom is 0.330 e. The van der Waals surface area contributed by atoms with Gasteiger partial charge in [0.15, 0.2) is 0 Å². The van der Waals surface area contributed by atoms with Gasteiger partial charge in [-0.15, -0.1) is 11.6 Å². The van der Waals surface area contributed by atoms with E-state index in [2.05, 4.69) is 0 Å². The second-order valence-corrected chi connectivity index (χ2v) is 3.59. The van der Waals surface area contributed by atoms with Crippen molar-refractivity contribution >= 4 is 11.6 Å². The van der Waals surface area contributed by atoms with E-state index in [1.165, 1.54) is 11.6 Å². The Balaban J connectivity index is 3.60. The minimum atomic E-state index is -0.300. The van der Waals surface area contributed by atoms with Crippen molar-refractivity contribution in [2.75, 3.05) is 5.88 Å². The number of aromatic nitrogens is 2. The minimum Gasteiger partial charge on any atom is -0.301 e. The number of rotatable bonds is 2. The van der Waals surface area contributed by atoms with Crippen LogP contribution in [0.15, 0.2) is 9.59 Å². The molecule has 0 aliphatic heterocycles. The summed E-state index contributed by atoms with van der Waals surface area (Å²) in [5.41, 5.74) is 0.764. The van der Waals surface area contributed by atoms with E-state index in [1.807, 2.05) is 0 Å². The maximum absolute atomic E-state index is 11.6. The Morgan fingerprint density at radius 3 is 2.29 bits per heavy atom. The molecule has 0 bridgehead atoms. The first-order chi connectivity index (χ1) is 6.50. The molecule has 78 valence electrons. The number of alkyl halides is 1. The van der Waals surface area contributed by atoms with Crippen LogP contribution < -0.4 is 11.2 Å². The highest BCUT2D eigenvalue weighted by Crippen LogP contribution is 2.00. The summed E-state index contributed by atoms with van der Waals surface area (Å²) in [6.07, 6.45) is 0.494. The van der Waals surface area contributed by atoms with Gasteiger partial charge in [0, 0.05) is 31.2 Å². The summed E-state index contributed by atoms with van der Waals surface area (Å²) in [6, 6.07) is 0. The lowest BCUT2D eigenvalue weighted by Crippen LogP contribution is -2.40. The molecule has 0 amide bonds. The summed E-state index contributed by atoms with van der Waals surface area (Å²) >= 11 is 5.59. The van der Waals surface area contributed by atoms with E-state index < -0.39 is 0 Å². The van der Waals surface area contributed by atoms with Crippen LogP contribution in [0.1, 0.15) is 11.3 Å². The lowest BCUT2D eigenvalue weighted by atomic mass is 10.2. The average Bonchev–Trinajstić information content (AvgIpc) is 2.19. The molecule has 0 saturated heterocycles. The van der Waals surface area contributed by atoms with Crippen LogP contribution in [0.25, 0.3) is 0 Å². The topological polar surface area (TPSA) is 44.0 Å². The normalized spacial score (nSPS) is 10.6. The van der Waals surface area contributed by atoms with Crippen LogP contribution in [-0.2, 0) is 20.5 Å². The molecule has 1 rings (SSSR count). The first-order valence-corrected chi connectivity index (χ1v) is 4.85. The first-order valence-electron chi connectivity index (χ1n) is 4.32. The molecule has 0 aliphatic carbocycles. The summed E-state index contributed by atoms with van der Waals surface area (Å²) < 4.78 is 2.57. The fourth-order valence-corrected chi connectivity index (χ4v) is 1.59. The molecule has 4 nitrogen and oxygen atoms in total. The molecule has 0 fully saturated rings. The molecule has 0 N–H and O–H groups in total. The van der Waals surface area contributed by atoms with Crippen molar-refractivity contribution in [3.05, 3.63) is 32.1 Å². The molecule has 1 heterocycles. The standard InChI is InChI=1S/C9H13ClN2O2/c1-6-7(4-5-10)8(13)12(3)9(14)11(6)2/h4-5H2,1-3H3. The van der Waals surface area contributed by atoms with E-state index >= 15 is 0 Å². The van der Waals surface area contributed by atoms with Gasteiger partial charge >= 0.3 is 5.69 Å². The predicted molar refractivity (Wildman–Crippen MR) is 56.1 cm³/mol. The monoisotopic (exact) mass is 216 g/mol. The summed E-state index contributed by atoms with van der Waals surface area (Å²) in [5.74, 6) is 0.383. The molecule has 1 aromatic heterocycles. The quantitative estimate of drug-likeness (QED) is 0.662. The molecule has 0 spiro atoms. The Hall–Kier alpha value is -1.03. The highest BCUT2D eigenvalue weighted by atomic mass is 35.5. The van der Waals surface area contributed by atoms with Gasteiger partial charge in [0.05, 0.1) is 0 Å². The second kappa shape index (κ2) is 4.00. The second-order valence-electron chi connectivity index (χ2n) is 3.21. The fourth-order valence-electron chi connectivity index (χ4n) is 1.40. The first kappa shape index (κ1) is 11.0. The maximum atomic E-state index is 11.6. The number of nitrogens with zero attached hydrogens (tertiary/aromatic N) is 2. The summed E-state index contributed by atoms with van der Waals surface area (Å²) in [5, 5.41) is 0. The van der Waals surface area contributed by atoms with Crippen LogP contribution in [0.2, 0.25) is 0 Å². The van der Waals surface area contributed by atoms with Crippen molar-refractivity contribution < 1.29 is 0 Å². The van der Waals surface area contributed by atoms with Crippen molar-refractivity contribution in [3.63, 3.8) is 0 Å². The Kier molecular flexibility index (Phi) is 3.16. The molecule has 14 heavy (non-hydrogen) atoms. The molecule has 0 radical (unpaired) electrons. The zero-order chi connectivity index (χ0) is 10.9. The van der Waals surface area contributed by atoms with Gasteiger partial charge in [0.2, 0.25) is 0 Å². The van der Waals surface area contributed by atoms with Crippen molar-refractivity contribution in [2.45, 2.75) is 13.3 Å². The molecule has 1 aromatic rings. The highest BCUT2D eigenvalue weighted by Gasteiger charge is 2.10. The van der Waals surface area contributed by atoms with Gasteiger partial charge in [-0.05, 0) is 13.3 Å². The lowest BCUT2D eigenvalue weighted by molar-refractivity contribution is 0.651. The highest BCUT2D eigenvalue weighted by molar-refractivity contribution is 6.17. The predicted octanol–water partition coefficient (Wildman–Crippen LogP) is 0.174. The molecular weight excluding hydrogens is 204 g/mol. The smallest absolute Gasteiger partial charge is 0.301 e. The minimum absolute atomic E-state index is 0.244. The van der Waals surface area contributed by atoms with Gasteiger partial charge < -0.3 is 4.57 Å². The molecule has 0 aromatic carbocycles. The van der Waals surface area contributed by atoms with Crippen LogP contribution in [0.3, 0.4) is 0 Å². The van der Waals surface area contributed by atoms with Crippen LogP contribution in [-0.4, -0.2) is 15.0 Å². The molecule has 0 saturated carbocycles. The van der Waals surface area contributed by atoms with Crippen molar-refractivity contribution in [1.29, 1.82) is 0 Å². The van der Waals surface area contributed by atoms with E-state index in [9.17, 15) is 9.59 Å². The third-order valence-electron chi connectivity index (χ3n) is 2.42. The van der Waals surface area contributed by atoms with Gasteiger partial charge in [0.25, 0.3) is 5.56 Å². The number of hydrogen-bond acceptors (Lipinski definition) is 2. The third kappa shape index (κ3) is 1.62. The van der Waals surface area contributed by atoms with E-state index in [1.54, 1.807) is 14.0 Å². The molecular formula is C9H13ClN2O2. The molecule has 5 heteroatoms. The van der Waals surface area contributed by atoms with Gasteiger partial charge in [-0.25, -0.2) is 4.79 Å². The van der Waals surface area contributed by atoms with E-state index in [-0.39, 0.29) is 11.2 Å². The van der Waals surface area contributed by atoms with Gasteiger partial charge in [-0.3, -0.25) is 9.36 Å². The zero-order valence-electron chi connectivity index (χ0n) is 8.50. The number of halogens is 1.